The summed E-state index contributed by atoms with van der Waals surface area (Å²) >= 11 is 0. The van der Waals surface area contributed by atoms with Crippen LogP contribution >= 0.6 is 0 Å². The molecule has 1 aromatic rings. The first-order valence-corrected chi connectivity index (χ1v) is 5.70. The van der Waals surface area contributed by atoms with Crippen LogP contribution in [0.5, 0.6) is 0 Å². The van der Waals surface area contributed by atoms with Crippen LogP contribution in [-0.2, 0) is 4.79 Å². The Morgan fingerprint density at radius 3 is 3.12 bits per heavy atom. The largest absolute Gasteiger partial charge is 0.469 e. The molecular formula is C12H17NO3. The van der Waals surface area contributed by atoms with Crippen LogP contribution < -0.4 is 5.32 Å². The van der Waals surface area contributed by atoms with E-state index in [1.807, 2.05) is 19.1 Å². The van der Waals surface area contributed by atoms with Crippen LogP contribution in [0.15, 0.2) is 22.8 Å². The van der Waals surface area contributed by atoms with E-state index in [0.29, 0.717) is 0 Å². The van der Waals surface area contributed by atoms with Gasteiger partial charge in [-0.15, -0.1) is 0 Å². The predicted molar refractivity (Wildman–Crippen MR) is 58.9 cm³/mol. The Balaban J connectivity index is 1.85. The first kappa shape index (κ1) is 11.2. The standard InChI is InChI=1S/C12H17NO3/c1-2-8(7-14)13-12(15)10-6-9(10)11-4-3-5-16-11/h3-5,8-10,14H,2,6-7H2,1H3,(H,13,15). The molecule has 1 aliphatic rings. The Bertz CT molecular complexity index is 343. The van der Waals surface area contributed by atoms with E-state index in [9.17, 15) is 4.79 Å². The number of nitrogens with one attached hydrogen (secondary N) is 1. The van der Waals surface area contributed by atoms with E-state index in [-0.39, 0.29) is 30.4 Å². The number of rotatable bonds is 5. The second-order valence-electron chi connectivity index (χ2n) is 4.26. The van der Waals surface area contributed by atoms with Gasteiger partial charge in [-0.05, 0) is 25.0 Å². The van der Waals surface area contributed by atoms with Gasteiger partial charge in [0.05, 0.1) is 18.9 Å². The fourth-order valence-corrected chi connectivity index (χ4v) is 1.89. The zero-order valence-electron chi connectivity index (χ0n) is 9.35. The number of amides is 1. The van der Waals surface area contributed by atoms with Crippen LogP contribution in [0.25, 0.3) is 0 Å². The lowest BCUT2D eigenvalue weighted by molar-refractivity contribution is -0.123. The monoisotopic (exact) mass is 223 g/mol. The van der Waals surface area contributed by atoms with Crippen LogP contribution in [0.4, 0.5) is 0 Å². The summed E-state index contributed by atoms with van der Waals surface area (Å²) < 4.78 is 5.27. The molecule has 1 amide bonds. The molecule has 2 N–H and O–H groups in total. The molecule has 4 heteroatoms. The van der Waals surface area contributed by atoms with E-state index < -0.39 is 0 Å². The van der Waals surface area contributed by atoms with Gasteiger partial charge < -0.3 is 14.8 Å². The number of carbonyl (C=O) groups is 1. The van der Waals surface area contributed by atoms with Crippen molar-refractivity contribution in [1.82, 2.24) is 5.32 Å². The normalized spacial score (nSPS) is 25.1. The van der Waals surface area contributed by atoms with Gasteiger partial charge in [0.15, 0.2) is 0 Å². The summed E-state index contributed by atoms with van der Waals surface area (Å²) in [7, 11) is 0. The van der Waals surface area contributed by atoms with Crippen LogP contribution in [0.1, 0.15) is 31.4 Å². The lowest BCUT2D eigenvalue weighted by Gasteiger charge is -2.13. The second-order valence-corrected chi connectivity index (χ2v) is 4.26. The first-order valence-electron chi connectivity index (χ1n) is 5.70. The van der Waals surface area contributed by atoms with Gasteiger partial charge in [0.25, 0.3) is 0 Å². The summed E-state index contributed by atoms with van der Waals surface area (Å²) in [5, 5.41) is 11.8. The molecular weight excluding hydrogens is 206 g/mol. The number of aliphatic hydroxyl groups excluding tert-OH is 1. The zero-order chi connectivity index (χ0) is 11.5. The minimum Gasteiger partial charge on any atom is -0.469 e. The number of hydrogen-bond donors (Lipinski definition) is 2. The second kappa shape index (κ2) is 4.70. The maximum Gasteiger partial charge on any atom is 0.224 e. The number of carbonyl (C=O) groups excluding carboxylic acids is 1. The third-order valence-electron chi connectivity index (χ3n) is 3.10. The van der Waals surface area contributed by atoms with Crippen molar-refractivity contribution < 1.29 is 14.3 Å². The van der Waals surface area contributed by atoms with Crippen molar-refractivity contribution in [2.45, 2.75) is 31.7 Å². The van der Waals surface area contributed by atoms with Gasteiger partial charge in [-0.3, -0.25) is 4.79 Å². The van der Waals surface area contributed by atoms with Crippen molar-refractivity contribution in [3.8, 4) is 0 Å². The minimum atomic E-state index is -0.120. The van der Waals surface area contributed by atoms with Gasteiger partial charge in [-0.2, -0.15) is 0 Å². The van der Waals surface area contributed by atoms with E-state index in [2.05, 4.69) is 5.32 Å². The molecule has 1 saturated carbocycles. The molecule has 0 bridgehead atoms. The van der Waals surface area contributed by atoms with Gasteiger partial charge >= 0.3 is 0 Å². The molecule has 1 aromatic heterocycles. The predicted octanol–water partition coefficient (Wildman–Crippen LogP) is 1.27. The van der Waals surface area contributed by atoms with Gasteiger partial charge in [0.1, 0.15) is 5.76 Å². The lowest BCUT2D eigenvalue weighted by atomic mass is 10.2. The Labute approximate surface area is 94.6 Å². The third-order valence-corrected chi connectivity index (χ3v) is 3.10. The number of hydrogen-bond acceptors (Lipinski definition) is 3. The molecule has 2 rings (SSSR count). The quantitative estimate of drug-likeness (QED) is 0.790. The number of furan rings is 1. The summed E-state index contributed by atoms with van der Waals surface area (Å²) in [5.74, 6) is 1.16. The highest BCUT2D eigenvalue weighted by molar-refractivity contribution is 5.82. The minimum absolute atomic E-state index is 0.000376. The van der Waals surface area contributed by atoms with Gasteiger partial charge in [-0.25, -0.2) is 0 Å². The molecule has 3 atom stereocenters. The highest BCUT2D eigenvalue weighted by atomic mass is 16.3. The first-order chi connectivity index (χ1) is 7.76. The van der Waals surface area contributed by atoms with Crippen LogP contribution in [0.2, 0.25) is 0 Å². The van der Waals surface area contributed by atoms with E-state index in [1.165, 1.54) is 0 Å². The smallest absolute Gasteiger partial charge is 0.224 e. The van der Waals surface area contributed by atoms with E-state index in [0.717, 1.165) is 18.6 Å². The molecule has 3 unspecified atom stereocenters. The highest BCUT2D eigenvalue weighted by Crippen LogP contribution is 2.47. The molecule has 1 aliphatic carbocycles. The third kappa shape index (κ3) is 2.27. The molecule has 88 valence electrons. The van der Waals surface area contributed by atoms with Crippen molar-refractivity contribution in [3.63, 3.8) is 0 Å². The maximum atomic E-state index is 11.8. The number of aliphatic hydroxyl groups is 1. The van der Waals surface area contributed by atoms with Crippen molar-refractivity contribution >= 4 is 5.91 Å². The lowest BCUT2D eigenvalue weighted by Crippen LogP contribution is -2.38. The topological polar surface area (TPSA) is 62.5 Å². The van der Waals surface area contributed by atoms with Crippen molar-refractivity contribution in [1.29, 1.82) is 0 Å². The van der Waals surface area contributed by atoms with E-state index >= 15 is 0 Å². The molecule has 1 heterocycles. The van der Waals surface area contributed by atoms with Gasteiger partial charge in [-0.1, -0.05) is 6.92 Å². The molecule has 0 aromatic carbocycles. The van der Waals surface area contributed by atoms with Crippen LogP contribution in [0.3, 0.4) is 0 Å². The Morgan fingerprint density at radius 2 is 2.56 bits per heavy atom. The SMILES string of the molecule is CCC(CO)NC(=O)C1CC1c1ccco1. The van der Waals surface area contributed by atoms with E-state index in [4.69, 9.17) is 9.52 Å². The molecule has 4 nitrogen and oxygen atoms in total. The summed E-state index contributed by atoms with van der Waals surface area (Å²) in [6, 6.07) is 3.62. The van der Waals surface area contributed by atoms with Crippen molar-refractivity contribution in [2.75, 3.05) is 6.61 Å². The zero-order valence-corrected chi connectivity index (χ0v) is 9.35. The van der Waals surface area contributed by atoms with Crippen molar-refractivity contribution in [3.05, 3.63) is 24.2 Å². The summed E-state index contributed by atoms with van der Waals surface area (Å²) in [6.07, 6.45) is 3.23. The summed E-state index contributed by atoms with van der Waals surface area (Å²) in [5.41, 5.74) is 0. The molecule has 0 spiro atoms. The van der Waals surface area contributed by atoms with Gasteiger partial charge in [0, 0.05) is 11.8 Å². The fourth-order valence-electron chi connectivity index (χ4n) is 1.89. The fraction of sp³-hybridized carbons (Fsp3) is 0.583. The molecule has 0 saturated heterocycles. The molecule has 0 radical (unpaired) electrons. The Hall–Kier alpha value is -1.29. The van der Waals surface area contributed by atoms with Crippen molar-refractivity contribution in [2.24, 2.45) is 5.92 Å². The summed E-state index contributed by atoms with van der Waals surface area (Å²) in [6.45, 7) is 1.94. The Kier molecular flexibility index (Phi) is 3.29. The molecule has 1 fully saturated rings. The Morgan fingerprint density at radius 1 is 1.75 bits per heavy atom. The average Bonchev–Trinajstić information content (AvgIpc) is 2.92. The van der Waals surface area contributed by atoms with E-state index in [1.54, 1.807) is 6.26 Å². The average molecular weight is 223 g/mol. The highest BCUT2D eigenvalue weighted by Gasteiger charge is 2.46. The maximum absolute atomic E-state index is 11.8. The summed E-state index contributed by atoms with van der Waals surface area (Å²) in [4.78, 5) is 11.8. The van der Waals surface area contributed by atoms with Crippen LogP contribution in [-0.4, -0.2) is 23.7 Å². The van der Waals surface area contributed by atoms with Crippen LogP contribution in [0, 0.1) is 5.92 Å². The molecule has 0 aliphatic heterocycles. The molecule has 16 heavy (non-hydrogen) atoms. The van der Waals surface area contributed by atoms with Gasteiger partial charge in [0.2, 0.25) is 5.91 Å².